The van der Waals surface area contributed by atoms with Crippen molar-refractivity contribution in [1.29, 1.82) is 0 Å². The predicted octanol–water partition coefficient (Wildman–Crippen LogP) is 16.3. The van der Waals surface area contributed by atoms with Crippen LogP contribution in [0.4, 0.5) is 0 Å². The van der Waals surface area contributed by atoms with Gasteiger partial charge in [-0.1, -0.05) is 309 Å². The van der Waals surface area contributed by atoms with Crippen LogP contribution in [0, 0.1) is 0 Å². The van der Waals surface area contributed by atoms with Crippen molar-refractivity contribution in [3.8, 4) is 0 Å². The maximum atomic E-state index is 12.6. The van der Waals surface area contributed by atoms with E-state index in [9.17, 15) is 25.2 Å². The number of nitrogens with one attached hydrogen (secondary N) is 1. The zero-order valence-electron chi connectivity index (χ0n) is 42.2. The molecule has 0 saturated carbocycles. The third kappa shape index (κ3) is 44.5. The molecular formula is C56H113NO5. The zero-order chi connectivity index (χ0) is 45.2. The van der Waals surface area contributed by atoms with Crippen molar-refractivity contribution in [3.63, 3.8) is 0 Å². The molecule has 62 heavy (non-hydrogen) atoms. The minimum atomic E-state index is -1.25. The summed E-state index contributed by atoms with van der Waals surface area (Å²) < 4.78 is 0. The summed E-state index contributed by atoms with van der Waals surface area (Å²) in [6.07, 6.45) is 58.9. The lowest BCUT2D eigenvalue weighted by Crippen LogP contribution is -2.53. The molecule has 0 rings (SSSR count). The summed E-state index contributed by atoms with van der Waals surface area (Å²) in [7, 11) is 0. The van der Waals surface area contributed by atoms with Crippen molar-refractivity contribution >= 4 is 5.91 Å². The van der Waals surface area contributed by atoms with E-state index in [-0.39, 0.29) is 0 Å². The molecule has 6 heteroatoms. The van der Waals surface area contributed by atoms with Gasteiger partial charge in [-0.3, -0.25) is 4.79 Å². The summed E-state index contributed by atoms with van der Waals surface area (Å²) in [5, 5.41) is 44.0. The van der Waals surface area contributed by atoms with Crippen LogP contribution >= 0.6 is 0 Å². The van der Waals surface area contributed by atoms with E-state index in [1.54, 1.807) is 0 Å². The van der Waals surface area contributed by atoms with Crippen molar-refractivity contribution in [2.24, 2.45) is 0 Å². The normalized spacial score (nSPS) is 13.7. The Kier molecular flexibility index (Phi) is 50.7. The SMILES string of the molecule is CCCCCCCCCCCCCCCCCCCCCCCCCCCCCCCC(O)C(O)C(CO)NC(=O)C(O)CCCCCCCCCCCCCCCCCCC. The number of aliphatic hydroxyl groups is 4. The number of hydrogen-bond donors (Lipinski definition) is 5. The van der Waals surface area contributed by atoms with Crippen LogP contribution in [-0.4, -0.2) is 57.3 Å². The molecule has 4 atom stereocenters. The second-order valence-electron chi connectivity index (χ2n) is 20.0. The second-order valence-corrected chi connectivity index (χ2v) is 20.0. The smallest absolute Gasteiger partial charge is 0.249 e. The molecule has 4 unspecified atom stereocenters. The first-order valence-corrected chi connectivity index (χ1v) is 28.4. The number of amides is 1. The fourth-order valence-corrected chi connectivity index (χ4v) is 9.35. The maximum absolute atomic E-state index is 12.6. The number of hydrogen-bond acceptors (Lipinski definition) is 5. The predicted molar refractivity (Wildman–Crippen MR) is 270 cm³/mol. The van der Waals surface area contributed by atoms with Gasteiger partial charge in [0.15, 0.2) is 0 Å². The van der Waals surface area contributed by atoms with Crippen LogP contribution in [-0.2, 0) is 4.79 Å². The average Bonchev–Trinajstić information content (AvgIpc) is 3.28. The van der Waals surface area contributed by atoms with Crippen LogP contribution in [0.25, 0.3) is 0 Å². The Morgan fingerprint density at radius 1 is 0.339 bits per heavy atom. The first-order valence-electron chi connectivity index (χ1n) is 28.4. The average molecular weight is 881 g/mol. The molecule has 0 aromatic rings. The molecule has 0 aromatic carbocycles. The van der Waals surface area contributed by atoms with Gasteiger partial charge in [-0.05, 0) is 12.8 Å². The van der Waals surface area contributed by atoms with Gasteiger partial charge in [-0.25, -0.2) is 0 Å². The van der Waals surface area contributed by atoms with Crippen LogP contribution in [0.15, 0.2) is 0 Å². The highest BCUT2D eigenvalue weighted by atomic mass is 16.3. The summed E-state index contributed by atoms with van der Waals surface area (Å²) >= 11 is 0. The van der Waals surface area contributed by atoms with Crippen molar-refractivity contribution in [2.75, 3.05) is 6.61 Å². The summed E-state index contributed by atoms with van der Waals surface area (Å²) in [6, 6.07) is -0.980. The van der Waals surface area contributed by atoms with E-state index >= 15 is 0 Å². The standard InChI is InChI=1S/C56H113NO5/c1-3-5-7-9-11-13-15-17-19-21-22-23-24-25-26-27-28-29-30-31-32-34-35-37-39-41-43-45-47-49-53(59)55(61)52(51-58)57-56(62)54(60)50-48-46-44-42-40-38-36-33-20-18-16-14-12-10-8-6-4-2/h52-55,58-61H,3-51H2,1-2H3,(H,57,62). The number of aliphatic hydroxyl groups excluding tert-OH is 4. The van der Waals surface area contributed by atoms with Crippen LogP contribution < -0.4 is 5.32 Å². The topological polar surface area (TPSA) is 110 Å². The van der Waals surface area contributed by atoms with Crippen LogP contribution in [0.3, 0.4) is 0 Å². The molecule has 0 aliphatic rings. The van der Waals surface area contributed by atoms with Gasteiger partial charge < -0.3 is 25.7 Å². The van der Waals surface area contributed by atoms with E-state index in [2.05, 4.69) is 19.2 Å². The molecule has 0 fully saturated rings. The third-order valence-electron chi connectivity index (χ3n) is 13.8. The highest BCUT2D eigenvalue weighted by molar-refractivity contribution is 5.80. The van der Waals surface area contributed by atoms with Gasteiger partial charge in [0.2, 0.25) is 5.91 Å². The fraction of sp³-hybridized carbons (Fsp3) is 0.982. The quantitative estimate of drug-likeness (QED) is 0.0391. The molecule has 1 amide bonds. The van der Waals surface area contributed by atoms with E-state index in [0.717, 1.165) is 38.5 Å². The van der Waals surface area contributed by atoms with Crippen molar-refractivity contribution < 1.29 is 25.2 Å². The summed E-state index contributed by atoms with van der Waals surface area (Å²) in [6.45, 7) is 4.10. The van der Waals surface area contributed by atoms with Gasteiger partial charge in [-0.2, -0.15) is 0 Å². The first kappa shape index (κ1) is 61.3. The molecule has 6 nitrogen and oxygen atoms in total. The van der Waals surface area contributed by atoms with Gasteiger partial charge in [0, 0.05) is 0 Å². The van der Waals surface area contributed by atoms with Gasteiger partial charge in [-0.15, -0.1) is 0 Å². The lowest BCUT2D eigenvalue weighted by Gasteiger charge is -2.27. The minimum Gasteiger partial charge on any atom is -0.394 e. The van der Waals surface area contributed by atoms with Crippen molar-refractivity contribution in [3.05, 3.63) is 0 Å². The summed E-state index contributed by atoms with van der Waals surface area (Å²) in [5.74, 6) is -0.576. The Morgan fingerprint density at radius 2 is 0.548 bits per heavy atom. The molecule has 372 valence electrons. The largest absolute Gasteiger partial charge is 0.394 e. The number of carbonyl (C=O) groups excluding carboxylic acids is 1. The van der Waals surface area contributed by atoms with E-state index in [0.29, 0.717) is 12.8 Å². The Hall–Kier alpha value is -0.690. The Balaban J connectivity index is 3.55. The lowest BCUT2D eigenvalue weighted by molar-refractivity contribution is -0.132. The molecule has 0 spiro atoms. The summed E-state index contributed by atoms with van der Waals surface area (Å²) in [4.78, 5) is 12.6. The maximum Gasteiger partial charge on any atom is 0.249 e. The first-order chi connectivity index (χ1) is 30.5. The van der Waals surface area contributed by atoms with Crippen LogP contribution in [0.1, 0.15) is 322 Å². The van der Waals surface area contributed by atoms with Crippen molar-refractivity contribution in [1.82, 2.24) is 5.32 Å². The van der Waals surface area contributed by atoms with Gasteiger partial charge >= 0.3 is 0 Å². The van der Waals surface area contributed by atoms with Crippen molar-refractivity contribution in [2.45, 2.75) is 346 Å². The highest BCUT2D eigenvalue weighted by Gasteiger charge is 2.28. The van der Waals surface area contributed by atoms with Crippen LogP contribution in [0.5, 0.6) is 0 Å². The van der Waals surface area contributed by atoms with E-state index in [1.807, 2.05) is 0 Å². The summed E-state index contributed by atoms with van der Waals surface area (Å²) in [5.41, 5.74) is 0. The number of unbranched alkanes of at least 4 members (excludes halogenated alkanes) is 44. The molecule has 0 radical (unpaired) electrons. The molecule has 0 heterocycles. The zero-order valence-corrected chi connectivity index (χ0v) is 42.2. The molecule has 5 N–H and O–H groups in total. The monoisotopic (exact) mass is 880 g/mol. The molecular weight excluding hydrogens is 767 g/mol. The Morgan fingerprint density at radius 3 is 0.774 bits per heavy atom. The third-order valence-corrected chi connectivity index (χ3v) is 13.8. The fourth-order valence-electron chi connectivity index (χ4n) is 9.35. The number of rotatable bonds is 53. The molecule has 0 aliphatic carbocycles. The highest BCUT2D eigenvalue weighted by Crippen LogP contribution is 2.19. The van der Waals surface area contributed by atoms with E-state index in [1.165, 1.54) is 257 Å². The molecule has 0 aromatic heterocycles. The van der Waals surface area contributed by atoms with Crippen LogP contribution in [0.2, 0.25) is 0 Å². The molecule has 0 saturated heterocycles. The Labute approximate surface area is 388 Å². The number of carbonyl (C=O) groups is 1. The van der Waals surface area contributed by atoms with E-state index < -0.39 is 36.9 Å². The molecule has 0 bridgehead atoms. The molecule has 0 aliphatic heterocycles. The second kappa shape index (κ2) is 51.3. The van der Waals surface area contributed by atoms with Gasteiger partial charge in [0.1, 0.15) is 12.2 Å². The Bertz CT molecular complexity index is 856. The van der Waals surface area contributed by atoms with E-state index in [4.69, 9.17) is 0 Å². The lowest BCUT2D eigenvalue weighted by atomic mass is 9.99. The van der Waals surface area contributed by atoms with Gasteiger partial charge in [0.05, 0.1) is 18.8 Å². The minimum absolute atomic E-state index is 0.376. The van der Waals surface area contributed by atoms with Gasteiger partial charge in [0.25, 0.3) is 0 Å².